The molecule has 0 heterocycles. The van der Waals surface area contributed by atoms with Crippen molar-refractivity contribution in [2.24, 2.45) is 0 Å². The lowest BCUT2D eigenvalue weighted by Crippen LogP contribution is -2.18. The first-order valence-electron chi connectivity index (χ1n) is 6.30. The van der Waals surface area contributed by atoms with Crippen molar-refractivity contribution in [2.45, 2.75) is 26.4 Å². The lowest BCUT2D eigenvalue weighted by atomic mass is 10.1. The molecule has 1 atom stereocenters. The fourth-order valence-corrected chi connectivity index (χ4v) is 2.01. The molecule has 0 unspecified atom stereocenters. The number of rotatable bonds is 4. The summed E-state index contributed by atoms with van der Waals surface area (Å²) in [6.07, 6.45) is 0. The molecule has 2 aromatic carbocycles. The first-order valence-corrected chi connectivity index (χ1v) is 6.68. The van der Waals surface area contributed by atoms with Crippen LogP contribution in [-0.2, 0) is 6.54 Å². The van der Waals surface area contributed by atoms with Gasteiger partial charge in [-0.3, -0.25) is 0 Å². The van der Waals surface area contributed by atoms with Crippen molar-refractivity contribution in [1.29, 1.82) is 0 Å². The summed E-state index contributed by atoms with van der Waals surface area (Å²) in [5.41, 5.74) is 3.36. The molecule has 1 N–H and O–H groups in total. The third kappa shape index (κ3) is 3.79. The zero-order valence-electron chi connectivity index (χ0n) is 11.1. The van der Waals surface area contributed by atoms with E-state index in [2.05, 4.69) is 43.4 Å². The van der Waals surface area contributed by atoms with E-state index in [0.29, 0.717) is 6.54 Å². The molecular formula is C16H17ClFN. The first kappa shape index (κ1) is 14.0. The van der Waals surface area contributed by atoms with Crippen LogP contribution in [0.2, 0.25) is 5.02 Å². The van der Waals surface area contributed by atoms with Crippen molar-refractivity contribution in [3.63, 3.8) is 0 Å². The largest absolute Gasteiger partial charge is 0.306 e. The molecular weight excluding hydrogens is 261 g/mol. The normalized spacial score (nSPS) is 12.4. The summed E-state index contributed by atoms with van der Waals surface area (Å²) in [5, 5.41) is 3.53. The Hall–Kier alpha value is -1.38. The molecule has 0 saturated carbocycles. The molecule has 0 radical (unpaired) electrons. The molecule has 0 amide bonds. The minimum atomic E-state index is -0.371. The number of benzene rings is 2. The molecule has 3 heteroatoms. The number of nitrogens with one attached hydrogen (secondary N) is 1. The number of aryl methyl sites for hydroxylation is 1. The van der Waals surface area contributed by atoms with Gasteiger partial charge in [-0.2, -0.15) is 0 Å². The van der Waals surface area contributed by atoms with Gasteiger partial charge in [0.15, 0.2) is 0 Å². The van der Waals surface area contributed by atoms with E-state index in [1.165, 1.54) is 17.2 Å². The average Bonchev–Trinajstić information content (AvgIpc) is 2.40. The Morgan fingerprint density at radius 1 is 1.16 bits per heavy atom. The van der Waals surface area contributed by atoms with E-state index in [1.807, 2.05) is 6.07 Å². The molecule has 0 aliphatic heterocycles. The first-order chi connectivity index (χ1) is 9.06. The summed E-state index contributed by atoms with van der Waals surface area (Å²) in [4.78, 5) is 0. The Morgan fingerprint density at radius 3 is 2.47 bits per heavy atom. The maximum atomic E-state index is 13.3. The van der Waals surface area contributed by atoms with E-state index in [-0.39, 0.29) is 16.9 Å². The van der Waals surface area contributed by atoms with Crippen LogP contribution in [0.25, 0.3) is 0 Å². The number of halogens is 2. The average molecular weight is 278 g/mol. The van der Waals surface area contributed by atoms with Crippen molar-refractivity contribution >= 4 is 11.6 Å². The minimum absolute atomic E-state index is 0.162. The Morgan fingerprint density at radius 2 is 1.84 bits per heavy atom. The van der Waals surface area contributed by atoms with Gasteiger partial charge in [-0.05, 0) is 37.1 Å². The van der Waals surface area contributed by atoms with Crippen LogP contribution < -0.4 is 5.32 Å². The maximum Gasteiger partial charge on any atom is 0.142 e. The molecule has 0 fully saturated rings. The molecule has 19 heavy (non-hydrogen) atoms. The van der Waals surface area contributed by atoms with Gasteiger partial charge in [0.2, 0.25) is 0 Å². The van der Waals surface area contributed by atoms with E-state index in [0.717, 1.165) is 5.56 Å². The number of hydrogen-bond donors (Lipinski definition) is 1. The molecule has 0 aliphatic carbocycles. The van der Waals surface area contributed by atoms with Crippen molar-refractivity contribution in [3.05, 3.63) is 70.0 Å². The van der Waals surface area contributed by atoms with Crippen LogP contribution in [0, 0.1) is 12.7 Å². The van der Waals surface area contributed by atoms with Gasteiger partial charge >= 0.3 is 0 Å². The van der Waals surface area contributed by atoms with Crippen LogP contribution >= 0.6 is 11.6 Å². The quantitative estimate of drug-likeness (QED) is 0.858. The Bertz CT molecular complexity index is 551. The Labute approximate surface area is 118 Å². The van der Waals surface area contributed by atoms with E-state index >= 15 is 0 Å². The zero-order valence-corrected chi connectivity index (χ0v) is 11.8. The highest BCUT2D eigenvalue weighted by Crippen LogP contribution is 2.17. The molecule has 0 aromatic heterocycles. The van der Waals surface area contributed by atoms with Crippen molar-refractivity contribution < 1.29 is 4.39 Å². The van der Waals surface area contributed by atoms with Gasteiger partial charge in [0.05, 0.1) is 5.02 Å². The summed E-state index contributed by atoms with van der Waals surface area (Å²) in [6.45, 7) is 4.78. The molecule has 100 valence electrons. The zero-order chi connectivity index (χ0) is 13.8. The fourth-order valence-electron chi connectivity index (χ4n) is 1.89. The second-order valence-corrected chi connectivity index (χ2v) is 5.17. The highest BCUT2D eigenvalue weighted by atomic mass is 35.5. The highest BCUT2D eigenvalue weighted by Gasteiger charge is 2.06. The minimum Gasteiger partial charge on any atom is -0.306 e. The van der Waals surface area contributed by atoms with Crippen LogP contribution in [-0.4, -0.2) is 0 Å². The second kappa shape index (κ2) is 6.18. The van der Waals surface area contributed by atoms with Crippen LogP contribution in [0.15, 0.2) is 42.5 Å². The fraction of sp³-hybridized carbons (Fsp3) is 0.250. The summed E-state index contributed by atoms with van der Waals surface area (Å²) in [5.74, 6) is -0.371. The molecule has 2 rings (SSSR count). The Kier molecular flexibility index (Phi) is 4.56. The van der Waals surface area contributed by atoms with Gasteiger partial charge in [-0.25, -0.2) is 4.39 Å². The van der Waals surface area contributed by atoms with E-state index in [4.69, 9.17) is 11.6 Å². The molecule has 0 spiro atoms. The Balaban J connectivity index is 1.98. The lowest BCUT2D eigenvalue weighted by molar-refractivity contribution is 0.569. The smallest absolute Gasteiger partial charge is 0.142 e. The van der Waals surface area contributed by atoms with E-state index < -0.39 is 0 Å². The predicted octanol–water partition coefficient (Wildman–Crippen LogP) is 4.64. The summed E-state index contributed by atoms with van der Waals surface area (Å²) < 4.78 is 13.3. The lowest BCUT2D eigenvalue weighted by Gasteiger charge is -2.14. The van der Waals surface area contributed by atoms with Crippen molar-refractivity contribution in [3.8, 4) is 0 Å². The van der Waals surface area contributed by atoms with Crippen LogP contribution in [0.5, 0.6) is 0 Å². The standard InChI is InChI=1S/C16H17ClFN/c1-11-3-6-14(7-4-11)12(2)19-10-13-5-8-15(17)16(18)9-13/h3-9,12,19H,10H2,1-2H3/t12-/m0/s1. The van der Waals surface area contributed by atoms with Crippen molar-refractivity contribution in [1.82, 2.24) is 5.32 Å². The molecule has 0 aliphatic rings. The maximum absolute atomic E-state index is 13.3. The van der Waals surface area contributed by atoms with Crippen LogP contribution in [0.3, 0.4) is 0 Å². The third-order valence-electron chi connectivity index (χ3n) is 3.17. The summed E-state index contributed by atoms with van der Waals surface area (Å²) >= 11 is 5.66. The van der Waals surface area contributed by atoms with Gasteiger partial charge in [0, 0.05) is 12.6 Å². The van der Waals surface area contributed by atoms with Gasteiger partial charge in [-0.15, -0.1) is 0 Å². The monoisotopic (exact) mass is 277 g/mol. The summed E-state index contributed by atoms with van der Waals surface area (Å²) in [6, 6.07) is 13.5. The van der Waals surface area contributed by atoms with E-state index in [9.17, 15) is 4.39 Å². The van der Waals surface area contributed by atoms with Gasteiger partial charge in [0.1, 0.15) is 5.82 Å². The molecule has 1 nitrogen and oxygen atoms in total. The van der Waals surface area contributed by atoms with Crippen LogP contribution in [0.1, 0.15) is 29.7 Å². The molecule has 2 aromatic rings. The second-order valence-electron chi connectivity index (χ2n) is 4.76. The van der Waals surface area contributed by atoms with Gasteiger partial charge in [-0.1, -0.05) is 47.5 Å². The van der Waals surface area contributed by atoms with Crippen molar-refractivity contribution in [2.75, 3.05) is 0 Å². The third-order valence-corrected chi connectivity index (χ3v) is 3.48. The topological polar surface area (TPSA) is 12.0 Å². The SMILES string of the molecule is Cc1ccc([C@H](C)NCc2ccc(Cl)c(F)c2)cc1. The molecule has 0 bridgehead atoms. The van der Waals surface area contributed by atoms with Gasteiger partial charge < -0.3 is 5.32 Å². The predicted molar refractivity (Wildman–Crippen MR) is 77.8 cm³/mol. The number of hydrogen-bond acceptors (Lipinski definition) is 1. The van der Waals surface area contributed by atoms with E-state index in [1.54, 1.807) is 6.07 Å². The van der Waals surface area contributed by atoms with Crippen LogP contribution in [0.4, 0.5) is 4.39 Å². The summed E-state index contributed by atoms with van der Waals surface area (Å²) in [7, 11) is 0. The molecule has 0 saturated heterocycles. The van der Waals surface area contributed by atoms with Gasteiger partial charge in [0.25, 0.3) is 0 Å². The highest BCUT2D eigenvalue weighted by molar-refractivity contribution is 6.30.